The molecule has 0 aliphatic rings. The second-order valence-electron chi connectivity index (χ2n) is 3.71. The van der Waals surface area contributed by atoms with Crippen molar-refractivity contribution < 1.29 is 0 Å². The van der Waals surface area contributed by atoms with E-state index in [-0.39, 0.29) is 0 Å². The Morgan fingerprint density at radius 1 is 0.875 bits per heavy atom. The molecule has 0 amide bonds. The molecule has 0 aromatic rings. The van der Waals surface area contributed by atoms with Gasteiger partial charge in [0.2, 0.25) is 0 Å². The SMILES string of the molecule is C=CC[P+](CCC#N)(CCC#N)CCC#N. The fourth-order valence-electron chi connectivity index (χ4n) is 1.74. The molecule has 0 saturated carbocycles. The van der Waals surface area contributed by atoms with E-state index in [1.54, 1.807) is 0 Å². The molecule has 0 unspecified atom stereocenters. The van der Waals surface area contributed by atoms with Crippen LogP contribution in [0.25, 0.3) is 0 Å². The Morgan fingerprint density at radius 3 is 1.50 bits per heavy atom. The number of nitrogens with zero attached hydrogens (tertiary/aromatic N) is 3. The molecular weight excluding hydrogens is 217 g/mol. The van der Waals surface area contributed by atoms with Crippen molar-refractivity contribution in [2.75, 3.05) is 24.6 Å². The van der Waals surface area contributed by atoms with Crippen LogP contribution in [0.1, 0.15) is 19.3 Å². The van der Waals surface area contributed by atoms with Crippen LogP contribution in [0.5, 0.6) is 0 Å². The Labute approximate surface area is 98.3 Å². The van der Waals surface area contributed by atoms with E-state index in [9.17, 15) is 0 Å². The maximum atomic E-state index is 8.66. The third kappa shape index (κ3) is 5.50. The van der Waals surface area contributed by atoms with Gasteiger partial charge in [-0.05, 0) is 0 Å². The van der Waals surface area contributed by atoms with E-state index in [0.29, 0.717) is 19.3 Å². The molecule has 16 heavy (non-hydrogen) atoms. The van der Waals surface area contributed by atoms with Gasteiger partial charge in [0.15, 0.2) is 0 Å². The molecule has 0 rings (SSSR count). The normalized spacial score (nSPS) is 9.81. The lowest BCUT2D eigenvalue weighted by Gasteiger charge is -2.23. The van der Waals surface area contributed by atoms with Gasteiger partial charge in [0.25, 0.3) is 0 Å². The van der Waals surface area contributed by atoms with Gasteiger partial charge in [-0.25, -0.2) is 0 Å². The largest absolute Gasteiger partial charge is 0.198 e. The van der Waals surface area contributed by atoms with E-state index < -0.39 is 7.26 Å². The van der Waals surface area contributed by atoms with E-state index in [1.165, 1.54) is 0 Å². The Kier molecular flexibility index (Phi) is 8.15. The van der Waals surface area contributed by atoms with Gasteiger partial charge in [-0.1, -0.05) is 12.7 Å². The molecule has 0 aliphatic heterocycles. The second-order valence-corrected chi connectivity index (χ2v) is 8.10. The van der Waals surface area contributed by atoms with Crippen LogP contribution in [0.15, 0.2) is 12.7 Å². The summed E-state index contributed by atoms with van der Waals surface area (Å²) in [6.07, 6.45) is 6.92. The topological polar surface area (TPSA) is 71.4 Å². The highest BCUT2D eigenvalue weighted by molar-refractivity contribution is 7.76. The number of hydrogen-bond donors (Lipinski definition) is 0. The van der Waals surface area contributed by atoms with Crippen molar-refractivity contribution >= 4 is 7.26 Å². The van der Waals surface area contributed by atoms with Gasteiger partial charge >= 0.3 is 0 Å². The highest BCUT2D eigenvalue weighted by atomic mass is 31.2. The third-order valence-corrected chi connectivity index (χ3v) is 7.16. The van der Waals surface area contributed by atoms with Crippen LogP contribution in [0.4, 0.5) is 0 Å². The molecule has 4 heteroatoms. The first-order valence-electron chi connectivity index (χ1n) is 5.31. The minimum absolute atomic E-state index is 0.526. The maximum Gasteiger partial charge on any atom is 0.0772 e. The molecule has 0 bridgehead atoms. The summed E-state index contributed by atoms with van der Waals surface area (Å²) in [4.78, 5) is 0. The van der Waals surface area contributed by atoms with Crippen LogP contribution in [0, 0.1) is 34.0 Å². The van der Waals surface area contributed by atoms with Crippen LogP contribution in [0.2, 0.25) is 0 Å². The zero-order chi connectivity index (χ0) is 12.3. The van der Waals surface area contributed by atoms with Crippen LogP contribution in [0.3, 0.4) is 0 Å². The zero-order valence-corrected chi connectivity index (χ0v) is 10.4. The molecule has 0 radical (unpaired) electrons. The van der Waals surface area contributed by atoms with Crippen molar-refractivity contribution in [1.82, 2.24) is 0 Å². The Morgan fingerprint density at radius 2 is 1.25 bits per heavy atom. The van der Waals surface area contributed by atoms with Crippen molar-refractivity contribution in [3.05, 3.63) is 12.7 Å². The van der Waals surface area contributed by atoms with E-state index in [1.807, 2.05) is 6.08 Å². The van der Waals surface area contributed by atoms with Crippen molar-refractivity contribution in [3.8, 4) is 18.2 Å². The summed E-state index contributed by atoms with van der Waals surface area (Å²) in [5, 5.41) is 26.0. The molecule has 0 N–H and O–H groups in total. The minimum atomic E-state index is -1.33. The van der Waals surface area contributed by atoms with Gasteiger partial charge in [0, 0.05) is 7.26 Å². The predicted molar refractivity (Wildman–Crippen MR) is 67.3 cm³/mol. The summed E-state index contributed by atoms with van der Waals surface area (Å²) < 4.78 is 0. The van der Waals surface area contributed by atoms with Gasteiger partial charge in [-0.2, -0.15) is 15.8 Å². The van der Waals surface area contributed by atoms with Gasteiger partial charge in [-0.15, -0.1) is 0 Å². The van der Waals surface area contributed by atoms with E-state index in [0.717, 1.165) is 24.6 Å². The molecule has 84 valence electrons. The lowest BCUT2D eigenvalue weighted by Crippen LogP contribution is -2.10. The van der Waals surface area contributed by atoms with Crippen LogP contribution < -0.4 is 0 Å². The molecule has 0 heterocycles. The highest BCUT2D eigenvalue weighted by Gasteiger charge is 2.34. The molecule has 0 aliphatic carbocycles. The second kappa shape index (κ2) is 8.91. The van der Waals surface area contributed by atoms with Crippen molar-refractivity contribution in [2.45, 2.75) is 19.3 Å². The van der Waals surface area contributed by atoms with Crippen LogP contribution in [-0.2, 0) is 0 Å². The summed E-state index contributed by atoms with van der Waals surface area (Å²) in [6, 6.07) is 6.49. The van der Waals surface area contributed by atoms with Gasteiger partial charge in [0.1, 0.15) is 0 Å². The molecule has 0 fully saturated rings. The number of hydrogen-bond acceptors (Lipinski definition) is 3. The van der Waals surface area contributed by atoms with Crippen molar-refractivity contribution in [3.63, 3.8) is 0 Å². The fraction of sp³-hybridized carbons (Fsp3) is 0.583. The molecule has 0 aromatic heterocycles. The molecule has 0 aromatic carbocycles. The molecule has 0 atom stereocenters. The predicted octanol–water partition coefficient (Wildman–Crippen LogP) is 2.93. The van der Waals surface area contributed by atoms with E-state index >= 15 is 0 Å². The molecular formula is C12H17N3P+. The van der Waals surface area contributed by atoms with E-state index in [2.05, 4.69) is 24.8 Å². The lowest BCUT2D eigenvalue weighted by molar-refractivity contribution is 1.10. The lowest BCUT2D eigenvalue weighted by atomic mass is 10.5. The summed E-state index contributed by atoms with van der Waals surface area (Å²) in [5.74, 6) is 0. The standard InChI is InChI=1S/C12H17N3P/c1-2-9-16(10-3-6-13,11-4-7-14)12-5-8-15/h2H,1,3-5,9-12H2/q+1. The zero-order valence-electron chi connectivity index (χ0n) is 9.52. The van der Waals surface area contributed by atoms with Gasteiger partial charge < -0.3 is 0 Å². The first-order valence-corrected chi connectivity index (χ1v) is 7.84. The third-order valence-electron chi connectivity index (χ3n) is 2.61. The summed E-state index contributed by atoms with van der Waals surface area (Å²) >= 11 is 0. The Balaban J connectivity index is 4.60. The Hall–Kier alpha value is -1.36. The summed E-state index contributed by atoms with van der Waals surface area (Å²) in [6.45, 7) is 3.75. The average molecular weight is 234 g/mol. The number of allylic oxidation sites excluding steroid dienone is 1. The highest BCUT2D eigenvalue weighted by Crippen LogP contribution is 2.59. The monoisotopic (exact) mass is 234 g/mol. The summed E-state index contributed by atoms with van der Waals surface area (Å²) in [7, 11) is -1.33. The van der Waals surface area contributed by atoms with Gasteiger partial charge in [0.05, 0.1) is 62.1 Å². The smallest absolute Gasteiger partial charge is 0.0772 e. The quantitative estimate of drug-likeness (QED) is 0.478. The van der Waals surface area contributed by atoms with Crippen molar-refractivity contribution in [2.24, 2.45) is 0 Å². The minimum Gasteiger partial charge on any atom is -0.198 e. The van der Waals surface area contributed by atoms with Crippen molar-refractivity contribution in [1.29, 1.82) is 15.8 Å². The van der Waals surface area contributed by atoms with Gasteiger partial charge in [-0.3, -0.25) is 0 Å². The van der Waals surface area contributed by atoms with Crippen LogP contribution in [-0.4, -0.2) is 24.6 Å². The Bertz CT molecular complexity index is 284. The van der Waals surface area contributed by atoms with E-state index in [4.69, 9.17) is 15.8 Å². The average Bonchev–Trinajstić information content (AvgIpc) is 2.31. The molecule has 0 saturated heterocycles. The first kappa shape index (κ1) is 14.6. The molecule has 0 spiro atoms. The first-order chi connectivity index (χ1) is 7.74. The summed E-state index contributed by atoms with van der Waals surface area (Å²) in [5.41, 5.74) is 0. The molecule has 3 nitrogen and oxygen atoms in total. The number of rotatable bonds is 8. The fourth-order valence-corrected chi connectivity index (χ4v) is 5.23. The maximum absolute atomic E-state index is 8.66. The van der Waals surface area contributed by atoms with Crippen LogP contribution >= 0.6 is 7.26 Å². The number of nitriles is 3.